The molecule has 0 aliphatic rings. The fraction of sp³-hybridized carbons (Fsp3) is 0.158. The van der Waals surface area contributed by atoms with Gasteiger partial charge >= 0.3 is 6.09 Å². The SMILES string of the molecule is Cc1c(OC(=O)NCCc2ccc(Cl)cc2)cnn1-c1ccc(F)cc1. The highest BCUT2D eigenvalue weighted by molar-refractivity contribution is 6.30. The van der Waals surface area contributed by atoms with Crippen LogP contribution in [0.2, 0.25) is 5.02 Å². The molecule has 7 heteroatoms. The minimum atomic E-state index is -0.555. The number of nitrogens with zero attached hydrogens (tertiary/aromatic N) is 2. The number of aromatic nitrogens is 2. The van der Waals surface area contributed by atoms with Crippen molar-refractivity contribution >= 4 is 17.7 Å². The summed E-state index contributed by atoms with van der Waals surface area (Å²) in [7, 11) is 0. The smallest absolute Gasteiger partial charge is 0.407 e. The first kappa shape index (κ1) is 17.9. The molecule has 0 atom stereocenters. The minimum Gasteiger partial charge on any atom is -0.407 e. The minimum absolute atomic E-state index is 0.324. The van der Waals surface area contributed by atoms with E-state index in [-0.39, 0.29) is 5.82 Å². The van der Waals surface area contributed by atoms with Crippen molar-refractivity contribution in [3.8, 4) is 11.4 Å². The normalized spacial score (nSPS) is 10.6. The summed E-state index contributed by atoms with van der Waals surface area (Å²) >= 11 is 5.84. The first-order chi connectivity index (χ1) is 12.5. The van der Waals surface area contributed by atoms with E-state index in [0.717, 1.165) is 5.56 Å². The Bertz CT molecular complexity index is 892. The summed E-state index contributed by atoms with van der Waals surface area (Å²) in [5, 5.41) is 7.55. The second-order valence-corrected chi connectivity index (χ2v) is 6.11. The third-order valence-corrected chi connectivity index (χ3v) is 4.09. The number of ether oxygens (including phenoxy) is 1. The second kappa shape index (κ2) is 8.01. The molecular formula is C19H17ClFN3O2. The van der Waals surface area contributed by atoms with Gasteiger partial charge in [-0.2, -0.15) is 5.10 Å². The lowest BCUT2D eigenvalue weighted by molar-refractivity contribution is 0.200. The fourth-order valence-corrected chi connectivity index (χ4v) is 2.56. The highest BCUT2D eigenvalue weighted by Crippen LogP contribution is 2.20. The predicted octanol–water partition coefficient (Wildman–Crippen LogP) is 4.30. The number of rotatable bonds is 5. The van der Waals surface area contributed by atoms with E-state index in [2.05, 4.69) is 10.4 Å². The Morgan fingerprint density at radius 1 is 1.19 bits per heavy atom. The summed E-state index contributed by atoms with van der Waals surface area (Å²) < 4.78 is 19.9. The van der Waals surface area contributed by atoms with Crippen LogP contribution >= 0.6 is 11.6 Å². The maximum Gasteiger partial charge on any atom is 0.412 e. The van der Waals surface area contributed by atoms with Crippen LogP contribution in [0.5, 0.6) is 5.75 Å². The Balaban J connectivity index is 1.56. The van der Waals surface area contributed by atoms with Crippen LogP contribution in [-0.2, 0) is 6.42 Å². The van der Waals surface area contributed by atoms with Crippen molar-refractivity contribution < 1.29 is 13.9 Å². The Labute approximate surface area is 155 Å². The molecule has 0 bridgehead atoms. The number of halogens is 2. The fourth-order valence-electron chi connectivity index (χ4n) is 2.43. The summed E-state index contributed by atoms with van der Waals surface area (Å²) in [5.74, 6) is 0.0217. The predicted molar refractivity (Wildman–Crippen MR) is 97.4 cm³/mol. The zero-order valence-corrected chi connectivity index (χ0v) is 14.8. The number of carbonyl (C=O) groups is 1. The van der Waals surface area contributed by atoms with Crippen molar-refractivity contribution in [2.75, 3.05) is 6.54 Å². The number of amides is 1. The van der Waals surface area contributed by atoms with Gasteiger partial charge in [-0.25, -0.2) is 13.9 Å². The molecule has 0 aliphatic carbocycles. The molecule has 3 rings (SSSR count). The summed E-state index contributed by atoms with van der Waals surface area (Å²) in [6.45, 7) is 2.21. The maximum absolute atomic E-state index is 13.0. The van der Waals surface area contributed by atoms with Crippen molar-refractivity contribution in [1.29, 1.82) is 0 Å². The number of hydrogen-bond acceptors (Lipinski definition) is 3. The molecule has 1 heterocycles. The summed E-state index contributed by atoms with van der Waals surface area (Å²) in [5.41, 5.74) is 2.39. The second-order valence-electron chi connectivity index (χ2n) is 5.68. The quantitative estimate of drug-likeness (QED) is 0.725. The Kier molecular flexibility index (Phi) is 5.53. The van der Waals surface area contributed by atoms with E-state index in [0.29, 0.717) is 35.1 Å². The average Bonchev–Trinajstić information content (AvgIpc) is 2.98. The molecule has 26 heavy (non-hydrogen) atoms. The molecule has 0 saturated carbocycles. The third-order valence-electron chi connectivity index (χ3n) is 3.83. The molecule has 1 amide bonds. The van der Waals surface area contributed by atoms with E-state index in [1.807, 2.05) is 24.3 Å². The molecule has 0 radical (unpaired) electrons. The van der Waals surface area contributed by atoms with Crippen molar-refractivity contribution in [2.45, 2.75) is 13.3 Å². The van der Waals surface area contributed by atoms with Crippen LogP contribution in [0.1, 0.15) is 11.3 Å². The molecule has 3 aromatic rings. The maximum atomic E-state index is 13.0. The molecule has 0 saturated heterocycles. The standard InChI is InChI=1S/C19H17ClFN3O2/c1-13-18(12-23-24(13)17-8-6-16(21)7-9-17)26-19(25)22-11-10-14-2-4-15(20)5-3-14/h2-9,12H,10-11H2,1H3,(H,22,25). The Morgan fingerprint density at radius 2 is 1.88 bits per heavy atom. The van der Waals surface area contributed by atoms with Gasteiger partial charge in [0.15, 0.2) is 5.75 Å². The number of benzene rings is 2. The summed E-state index contributed by atoms with van der Waals surface area (Å²) in [4.78, 5) is 12.0. The first-order valence-electron chi connectivity index (χ1n) is 8.03. The van der Waals surface area contributed by atoms with Crippen LogP contribution in [0.3, 0.4) is 0 Å². The molecule has 134 valence electrons. The van der Waals surface area contributed by atoms with E-state index in [9.17, 15) is 9.18 Å². The highest BCUT2D eigenvalue weighted by atomic mass is 35.5. The number of hydrogen-bond donors (Lipinski definition) is 1. The van der Waals surface area contributed by atoms with Gasteiger partial charge < -0.3 is 10.1 Å². The first-order valence-corrected chi connectivity index (χ1v) is 8.41. The molecule has 5 nitrogen and oxygen atoms in total. The Hall–Kier alpha value is -2.86. The van der Waals surface area contributed by atoms with Crippen LogP contribution in [0, 0.1) is 12.7 Å². The Morgan fingerprint density at radius 3 is 2.58 bits per heavy atom. The molecule has 0 fully saturated rings. The zero-order valence-electron chi connectivity index (χ0n) is 14.1. The number of carbonyl (C=O) groups excluding carboxylic acids is 1. The zero-order chi connectivity index (χ0) is 18.5. The van der Waals surface area contributed by atoms with Crippen LogP contribution in [0.15, 0.2) is 54.7 Å². The van der Waals surface area contributed by atoms with Gasteiger partial charge in [0.25, 0.3) is 0 Å². The molecule has 1 N–H and O–H groups in total. The van der Waals surface area contributed by atoms with Gasteiger partial charge in [-0.3, -0.25) is 0 Å². The molecule has 0 unspecified atom stereocenters. The van der Waals surface area contributed by atoms with E-state index in [4.69, 9.17) is 16.3 Å². The van der Waals surface area contributed by atoms with E-state index in [1.165, 1.54) is 18.3 Å². The van der Waals surface area contributed by atoms with Crippen LogP contribution in [0.4, 0.5) is 9.18 Å². The van der Waals surface area contributed by atoms with Crippen LogP contribution in [0.25, 0.3) is 5.69 Å². The van der Waals surface area contributed by atoms with Gasteiger partial charge in [0, 0.05) is 11.6 Å². The topological polar surface area (TPSA) is 56.1 Å². The lowest BCUT2D eigenvalue weighted by atomic mass is 10.1. The van der Waals surface area contributed by atoms with Crippen LogP contribution in [-0.4, -0.2) is 22.4 Å². The van der Waals surface area contributed by atoms with Gasteiger partial charge in [0.2, 0.25) is 0 Å². The molecule has 2 aromatic carbocycles. The highest BCUT2D eigenvalue weighted by Gasteiger charge is 2.13. The van der Waals surface area contributed by atoms with Crippen LogP contribution < -0.4 is 10.1 Å². The van der Waals surface area contributed by atoms with Gasteiger partial charge in [0.05, 0.1) is 17.6 Å². The summed E-state index contributed by atoms with van der Waals surface area (Å²) in [6.07, 6.45) is 1.57. The van der Waals surface area contributed by atoms with Gasteiger partial charge in [-0.15, -0.1) is 0 Å². The van der Waals surface area contributed by atoms with Gasteiger partial charge in [-0.05, 0) is 55.3 Å². The third kappa shape index (κ3) is 4.40. The van der Waals surface area contributed by atoms with E-state index >= 15 is 0 Å². The lowest BCUT2D eigenvalue weighted by Gasteiger charge is -2.07. The van der Waals surface area contributed by atoms with E-state index in [1.54, 1.807) is 23.7 Å². The molecular weight excluding hydrogens is 357 g/mol. The van der Waals surface area contributed by atoms with Crippen molar-refractivity contribution in [3.05, 3.63) is 76.8 Å². The van der Waals surface area contributed by atoms with Gasteiger partial charge in [-0.1, -0.05) is 23.7 Å². The van der Waals surface area contributed by atoms with Crippen molar-refractivity contribution in [3.63, 3.8) is 0 Å². The number of nitrogens with one attached hydrogen (secondary N) is 1. The van der Waals surface area contributed by atoms with Crippen molar-refractivity contribution in [2.24, 2.45) is 0 Å². The van der Waals surface area contributed by atoms with Crippen molar-refractivity contribution in [1.82, 2.24) is 15.1 Å². The monoisotopic (exact) mass is 373 g/mol. The lowest BCUT2D eigenvalue weighted by Crippen LogP contribution is -2.28. The largest absolute Gasteiger partial charge is 0.412 e. The molecule has 1 aromatic heterocycles. The molecule has 0 spiro atoms. The van der Waals surface area contributed by atoms with Gasteiger partial charge in [0.1, 0.15) is 5.82 Å². The van der Waals surface area contributed by atoms with E-state index < -0.39 is 6.09 Å². The summed E-state index contributed by atoms with van der Waals surface area (Å²) in [6, 6.07) is 13.3. The molecule has 0 aliphatic heterocycles. The average molecular weight is 374 g/mol.